The van der Waals surface area contributed by atoms with Crippen LogP contribution in [-0.4, -0.2) is 26.7 Å². The highest BCUT2D eigenvalue weighted by atomic mass is 32.2. The van der Waals surface area contributed by atoms with Crippen LogP contribution in [0.25, 0.3) is 11.5 Å². The molecular weight excluding hydrogens is 436 g/mol. The number of hydrogen-bond acceptors (Lipinski definition) is 8. The standard InChI is InChI=1S/C22H18N2O7S/c1-28-19-9-3-2-8-18(19)24-32(26,27)17-7-4-6-15(12-17)22(25)30-14-16-13-21(31-23-16)20-10-5-11-29-20/h2-13,24H,14H2,1H3. The van der Waals surface area contributed by atoms with Gasteiger partial charge in [0.25, 0.3) is 10.0 Å². The first-order chi connectivity index (χ1) is 15.5. The molecule has 0 saturated carbocycles. The smallest absolute Gasteiger partial charge is 0.338 e. The van der Waals surface area contributed by atoms with E-state index >= 15 is 0 Å². The summed E-state index contributed by atoms with van der Waals surface area (Å²) < 4.78 is 48.8. The van der Waals surface area contributed by atoms with Crippen LogP contribution < -0.4 is 9.46 Å². The predicted molar refractivity (Wildman–Crippen MR) is 114 cm³/mol. The van der Waals surface area contributed by atoms with Crippen LogP contribution in [0, 0.1) is 0 Å². The van der Waals surface area contributed by atoms with Crippen molar-refractivity contribution in [3.05, 3.63) is 84.3 Å². The van der Waals surface area contributed by atoms with Gasteiger partial charge in [-0.05, 0) is 42.5 Å². The molecule has 0 bridgehead atoms. The Labute approximate surface area is 183 Å². The van der Waals surface area contributed by atoms with Crippen LogP contribution >= 0.6 is 0 Å². The number of hydrogen-bond donors (Lipinski definition) is 1. The lowest BCUT2D eigenvalue weighted by Crippen LogP contribution is -2.14. The molecule has 4 aromatic rings. The SMILES string of the molecule is COc1ccccc1NS(=O)(=O)c1cccc(C(=O)OCc2cc(-c3ccco3)on2)c1. The second-order valence-corrected chi connectivity index (χ2v) is 8.25. The van der Waals surface area contributed by atoms with Crippen LogP contribution in [0.3, 0.4) is 0 Å². The van der Waals surface area contributed by atoms with E-state index in [1.807, 2.05) is 0 Å². The zero-order chi connectivity index (χ0) is 22.6. The molecule has 0 aliphatic rings. The van der Waals surface area contributed by atoms with Crippen molar-refractivity contribution in [3.8, 4) is 17.3 Å². The fraction of sp³-hybridized carbons (Fsp3) is 0.0909. The molecular formula is C22H18N2O7S. The van der Waals surface area contributed by atoms with Gasteiger partial charge in [-0.3, -0.25) is 4.72 Å². The lowest BCUT2D eigenvalue weighted by Gasteiger charge is -2.12. The summed E-state index contributed by atoms with van der Waals surface area (Å²) in [5.74, 6) is 0.558. The van der Waals surface area contributed by atoms with Crippen LogP contribution in [0.4, 0.5) is 5.69 Å². The largest absolute Gasteiger partial charge is 0.495 e. The minimum Gasteiger partial charge on any atom is -0.495 e. The minimum atomic E-state index is -3.97. The summed E-state index contributed by atoms with van der Waals surface area (Å²) in [7, 11) is -2.53. The van der Waals surface area contributed by atoms with E-state index < -0.39 is 16.0 Å². The van der Waals surface area contributed by atoms with Gasteiger partial charge in [0.05, 0.1) is 29.5 Å². The van der Waals surface area contributed by atoms with E-state index in [1.54, 1.807) is 42.5 Å². The van der Waals surface area contributed by atoms with Gasteiger partial charge in [0.1, 0.15) is 18.1 Å². The molecule has 0 fully saturated rings. The van der Waals surface area contributed by atoms with Crippen molar-refractivity contribution in [2.24, 2.45) is 0 Å². The summed E-state index contributed by atoms with van der Waals surface area (Å²) in [5.41, 5.74) is 0.732. The van der Waals surface area contributed by atoms with E-state index in [9.17, 15) is 13.2 Å². The number of aromatic nitrogens is 1. The van der Waals surface area contributed by atoms with E-state index in [1.165, 1.54) is 37.6 Å². The molecule has 0 spiro atoms. The Balaban J connectivity index is 1.45. The quantitative estimate of drug-likeness (QED) is 0.395. The number of ether oxygens (including phenoxy) is 2. The molecule has 2 aromatic heterocycles. The fourth-order valence-corrected chi connectivity index (χ4v) is 3.98. The lowest BCUT2D eigenvalue weighted by atomic mass is 10.2. The first-order valence-electron chi connectivity index (χ1n) is 9.39. The molecule has 0 amide bonds. The summed E-state index contributed by atoms with van der Waals surface area (Å²) in [5, 5.41) is 3.83. The molecule has 0 atom stereocenters. The molecule has 0 unspecified atom stereocenters. The van der Waals surface area contributed by atoms with Crippen LogP contribution in [-0.2, 0) is 21.4 Å². The second kappa shape index (κ2) is 8.98. The number of esters is 1. The third-order valence-corrected chi connectivity index (χ3v) is 5.77. The first-order valence-corrected chi connectivity index (χ1v) is 10.9. The summed E-state index contributed by atoms with van der Waals surface area (Å²) in [4.78, 5) is 12.4. The number of carbonyl (C=O) groups is 1. The molecule has 0 radical (unpaired) electrons. The molecule has 164 valence electrons. The van der Waals surface area contributed by atoms with Gasteiger partial charge in [0, 0.05) is 6.07 Å². The normalized spacial score (nSPS) is 11.2. The predicted octanol–water partition coefficient (Wildman–Crippen LogP) is 4.10. The van der Waals surface area contributed by atoms with Gasteiger partial charge in [0.15, 0.2) is 5.76 Å². The van der Waals surface area contributed by atoms with E-state index in [0.717, 1.165) is 0 Å². The lowest BCUT2D eigenvalue weighted by molar-refractivity contribution is 0.0464. The molecule has 2 heterocycles. The first kappa shape index (κ1) is 21.2. The highest BCUT2D eigenvalue weighted by Crippen LogP contribution is 2.26. The Morgan fingerprint density at radius 1 is 1.03 bits per heavy atom. The summed E-state index contributed by atoms with van der Waals surface area (Å²) in [6, 6.07) is 17.1. The molecule has 0 aliphatic heterocycles. The number of methoxy groups -OCH3 is 1. The molecule has 32 heavy (non-hydrogen) atoms. The maximum absolute atomic E-state index is 12.8. The van der Waals surface area contributed by atoms with Gasteiger partial charge in [-0.2, -0.15) is 0 Å². The Morgan fingerprint density at radius 2 is 1.88 bits per heavy atom. The Hall–Kier alpha value is -4.05. The number of para-hydroxylation sites is 2. The number of anilines is 1. The van der Waals surface area contributed by atoms with E-state index in [0.29, 0.717) is 23.0 Å². The van der Waals surface area contributed by atoms with Gasteiger partial charge in [-0.1, -0.05) is 23.4 Å². The number of nitrogens with zero attached hydrogens (tertiary/aromatic N) is 1. The third-order valence-electron chi connectivity index (χ3n) is 4.41. The highest BCUT2D eigenvalue weighted by Gasteiger charge is 2.19. The van der Waals surface area contributed by atoms with Crippen molar-refractivity contribution in [3.63, 3.8) is 0 Å². The Morgan fingerprint density at radius 3 is 2.66 bits per heavy atom. The summed E-state index contributed by atoms with van der Waals surface area (Å²) >= 11 is 0. The topological polar surface area (TPSA) is 121 Å². The second-order valence-electron chi connectivity index (χ2n) is 6.57. The average molecular weight is 454 g/mol. The van der Waals surface area contributed by atoms with Crippen molar-refractivity contribution in [2.45, 2.75) is 11.5 Å². The molecule has 9 nitrogen and oxygen atoms in total. The Kier molecular flexibility index (Phi) is 5.95. The van der Waals surface area contributed by atoms with Crippen molar-refractivity contribution in [1.29, 1.82) is 0 Å². The van der Waals surface area contributed by atoms with Crippen molar-refractivity contribution in [1.82, 2.24) is 5.16 Å². The van der Waals surface area contributed by atoms with Crippen molar-refractivity contribution >= 4 is 21.7 Å². The van der Waals surface area contributed by atoms with Crippen LogP contribution in [0.15, 0.2) is 86.8 Å². The number of benzene rings is 2. The number of furan rings is 1. The molecule has 0 aliphatic carbocycles. The van der Waals surface area contributed by atoms with Crippen LogP contribution in [0.2, 0.25) is 0 Å². The van der Waals surface area contributed by atoms with Crippen molar-refractivity contribution in [2.75, 3.05) is 11.8 Å². The van der Waals surface area contributed by atoms with Gasteiger partial charge < -0.3 is 18.4 Å². The minimum absolute atomic E-state index is 0.0719. The summed E-state index contributed by atoms with van der Waals surface area (Å²) in [6.45, 7) is -0.153. The van der Waals surface area contributed by atoms with E-state index in [2.05, 4.69) is 9.88 Å². The molecule has 1 N–H and O–H groups in total. The molecule has 4 rings (SSSR count). The highest BCUT2D eigenvalue weighted by molar-refractivity contribution is 7.92. The Bertz CT molecular complexity index is 1330. The van der Waals surface area contributed by atoms with Crippen molar-refractivity contribution < 1.29 is 31.6 Å². The third kappa shape index (κ3) is 4.65. The monoisotopic (exact) mass is 454 g/mol. The summed E-state index contributed by atoms with van der Waals surface area (Å²) in [6.07, 6.45) is 1.50. The maximum Gasteiger partial charge on any atom is 0.338 e. The van der Waals surface area contributed by atoms with Gasteiger partial charge in [-0.25, -0.2) is 13.2 Å². The van der Waals surface area contributed by atoms with Gasteiger partial charge in [0.2, 0.25) is 5.76 Å². The number of rotatable bonds is 8. The van der Waals surface area contributed by atoms with Gasteiger partial charge >= 0.3 is 5.97 Å². The fourth-order valence-electron chi connectivity index (χ4n) is 2.86. The molecule has 2 aromatic carbocycles. The molecule has 0 saturated heterocycles. The van der Waals surface area contributed by atoms with E-state index in [4.69, 9.17) is 18.4 Å². The van der Waals surface area contributed by atoms with Crippen LogP contribution in [0.1, 0.15) is 16.1 Å². The molecule has 10 heteroatoms. The zero-order valence-electron chi connectivity index (χ0n) is 16.8. The number of nitrogens with one attached hydrogen (secondary N) is 1. The average Bonchev–Trinajstić information content (AvgIpc) is 3.50. The zero-order valence-corrected chi connectivity index (χ0v) is 17.7. The maximum atomic E-state index is 12.8. The van der Waals surface area contributed by atoms with E-state index in [-0.39, 0.29) is 22.8 Å². The van der Waals surface area contributed by atoms with Crippen LogP contribution in [0.5, 0.6) is 5.75 Å². The number of sulfonamides is 1. The van der Waals surface area contributed by atoms with Gasteiger partial charge in [-0.15, -0.1) is 0 Å². The number of carbonyl (C=O) groups excluding carboxylic acids is 1.